The van der Waals surface area contributed by atoms with Crippen LogP contribution < -0.4 is 15.4 Å². The predicted molar refractivity (Wildman–Crippen MR) is 98.7 cm³/mol. The van der Waals surface area contributed by atoms with Crippen molar-refractivity contribution < 1.29 is 14.3 Å². The minimum Gasteiger partial charge on any atom is -0.497 e. The van der Waals surface area contributed by atoms with Crippen molar-refractivity contribution in [2.45, 2.75) is 33.2 Å². The summed E-state index contributed by atoms with van der Waals surface area (Å²) in [5.74, 6) is 0.395. The highest BCUT2D eigenvalue weighted by Gasteiger charge is 2.18. The molecule has 0 spiro atoms. The molecule has 5 nitrogen and oxygen atoms in total. The van der Waals surface area contributed by atoms with Crippen LogP contribution in [0.3, 0.4) is 0 Å². The highest BCUT2D eigenvalue weighted by atomic mass is 16.5. The molecular weight excluding hydrogens is 316 g/mol. The number of hydrogen-bond acceptors (Lipinski definition) is 3. The van der Waals surface area contributed by atoms with Crippen molar-refractivity contribution in [1.29, 1.82) is 0 Å². The lowest BCUT2D eigenvalue weighted by Gasteiger charge is -2.19. The summed E-state index contributed by atoms with van der Waals surface area (Å²) in [4.78, 5) is 24.0. The van der Waals surface area contributed by atoms with E-state index in [0.29, 0.717) is 0 Å². The minimum absolute atomic E-state index is 0.151. The number of carbonyl (C=O) groups excluding carboxylic acids is 2. The Labute approximate surface area is 148 Å². The zero-order valence-corrected chi connectivity index (χ0v) is 15.1. The van der Waals surface area contributed by atoms with Gasteiger partial charge in [-0.05, 0) is 43.2 Å². The van der Waals surface area contributed by atoms with E-state index in [1.54, 1.807) is 7.11 Å². The van der Waals surface area contributed by atoms with E-state index in [4.69, 9.17) is 4.74 Å². The topological polar surface area (TPSA) is 67.4 Å². The first-order chi connectivity index (χ1) is 11.9. The van der Waals surface area contributed by atoms with Crippen molar-refractivity contribution in [1.82, 2.24) is 5.32 Å². The van der Waals surface area contributed by atoms with Gasteiger partial charge in [0.2, 0.25) is 11.8 Å². The molecule has 0 aliphatic rings. The van der Waals surface area contributed by atoms with E-state index in [1.807, 2.05) is 56.3 Å². The van der Waals surface area contributed by atoms with Crippen LogP contribution in [0.15, 0.2) is 42.5 Å². The summed E-state index contributed by atoms with van der Waals surface area (Å²) in [6, 6.07) is 12.8. The van der Waals surface area contributed by atoms with Gasteiger partial charge in [-0.3, -0.25) is 9.59 Å². The van der Waals surface area contributed by atoms with Crippen LogP contribution in [-0.2, 0) is 9.59 Å². The standard InChI is InChI=1S/C20H24N2O3/c1-13-5-10-18(14(2)11-13)22-20(24)12-19(21-15(3)23)16-6-8-17(25-4)9-7-16/h5-11,19H,12H2,1-4H3,(H,21,23)(H,22,24)/t19-/m1/s1. The molecule has 0 aromatic heterocycles. The molecule has 0 saturated heterocycles. The fraction of sp³-hybridized carbons (Fsp3) is 0.300. The summed E-state index contributed by atoms with van der Waals surface area (Å²) in [7, 11) is 1.59. The summed E-state index contributed by atoms with van der Waals surface area (Å²) in [6.07, 6.45) is 0.152. The monoisotopic (exact) mass is 340 g/mol. The maximum atomic E-state index is 12.5. The first-order valence-electron chi connectivity index (χ1n) is 8.17. The third kappa shape index (κ3) is 5.35. The van der Waals surface area contributed by atoms with E-state index in [0.717, 1.165) is 28.1 Å². The van der Waals surface area contributed by atoms with Gasteiger partial charge in [-0.25, -0.2) is 0 Å². The third-order valence-corrected chi connectivity index (χ3v) is 3.94. The average Bonchev–Trinajstić information content (AvgIpc) is 2.56. The van der Waals surface area contributed by atoms with E-state index in [1.165, 1.54) is 6.92 Å². The molecule has 0 saturated carbocycles. The molecule has 2 amide bonds. The maximum absolute atomic E-state index is 12.5. The molecule has 0 fully saturated rings. The van der Waals surface area contributed by atoms with Crippen LogP contribution in [0.25, 0.3) is 0 Å². The Morgan fingerprint density at radius 3 is 2.32 bits per heavy atom. The van der Waals surface area contributed by atoms with Gasteiger partial charge in [-0.2, -0.15) is 0 Å². The minimum atomic E-state index is -0.394. The number of amides is 2. The number of methoxy groups -OCH3 is 1. The molecule has 2 rings (SSSR count). The Morgan fingerprint density at radius 1 is 1.08 bits per heavy atom. The Hall–Kier alpha value is -2.82. The first kappa shape index (κ1) is 18.5. The highest BCUT2D eigenvalue weighted by Crippen LogP contribution is 2.22. The molecule has 0 aliphatic heterocycles. The predicted octanol–water partition coefficient (Wildman–Crippen LogP) is 3.52. The lowest BCUT2D eigenvalue weighted by Crippen LogP contribution is -2.29. The molecule has 1 atom stereocenters. The van der Waals surface area contributed by atoms with Crippen LogP contribution in [0.4, 0.5) is 5.69 Å². The number of nitrogens with one attached hydrogen (secondary N) is 2. The number of rotatable bonds is 6. The van der Waals surface area contributed by atoms with Gasteiger partial charge in [0.25, 0.3) is 0 Å². The van der Waals surface area contributed by atoms with Gasteiger partial charge in [-0.1, -0.05) is 29.8 Å². The normalized spacial score (nSPS) is 11.5. The summed E-state index contributed by atoms with van der Waals surface area (Å²) in [6.45, 7) is 5.41. The Bertz CT molecular complexity index is 754. The second kappa shape index (κ2) is 8.33. The number of ether oxygens (including phenoxy) is 1. The quantitative estimate of drug-likeness (QED) is 0.845. The fourth-order valence-corrected chi connectivity index (χ4v) is 2.67. The number of hydrogen-bond donors (Lipinski definition) is 2. The summed E-state index contributed by atoms with van der Waals surface area (Å²) >= 11 is 0. The third-order valence-electron chi connectivity index (χ3n) is 3.94. The van der Waals surface area contributed by atoms with Crippen molar-refractivity contribution in [3.8, 4) is 5.75 Å². The van der Waals surface area contributed by atoms with Crippen LogP contribution >= 0.6 is 0 Å². The van der Waals surface area contributed by atoms with Crippen molar-refractivity contribution in [3.63, 3.8) is 0 Å². The van der Waals surface area contributed by atoms with Crippen LogP contribution in [0.2, 0.25) is 0 Å². The Balaban J connectivity index is 2.12. The summed E-state index contributed by atoms with van der Waals surface area (Å²) in [5.41, 5.74) is 3.79. The molecule has 25 heavy (non-hydrogen) atoms. The average molecular weight is 340 g/mol. The zero-order valence-electron chi connectivity index (χ0n) is 15.1. The lowest BCUT2D eigenvalue weighted by atomic mass is 10.0. The smallest absolute Gasteiger partial charge is 0.226 e. The van der Waals surface area contributed by atoms with Gasteiger partial charge in [0.1, 0.15) is 5.75 Å². The fourth-order valence-electron chi connectivity index (χ4n) is 2.67. The van der Waals surface area contributed by atoms with Crippen LogP contribution in [0.5, 0.6) is 5.75 Å². The Morgan fingerprint density at radius 2 is 1.76 bits per heavy atom. The SMILES string of the molecule is COc1ccc([C@@H](CC(=O)Nc2ccc(C)cc2C)NC(C)=O)cc1. The van der Waals surface area contributed by atoms with Gasteiger partial charge < -0.3 is 15.4 Å². The van der Waals surface area contributed by atoms with Crippen LogP contribution in [0.1, 0.15) is 36.1 Å². The summed E-state index contributed by atoms with van der Waals surface area (Å²) in [5, 5.41) is 5.75. The Kier molecular flexibility index (Phi) is 6.17. The van der Waals surface area contributed by atoms with Gasteiger partial charge in [0, 0.05) is 12.6 Å². The van der Waals surface area contributed by atoms with Crippen LogP contribution in [0, 0.1) is 13.8 Å². The molecule has 5 heteroatoms. The first-order valence-corrected chi connectivity index (χ1v) is 8.17. The molecule has 0 unspecified atom stereocenters. The van der Waals surface area contributed by atoms with E-state index in [2.05, 4.69) is 10.6 Å². The van der Waals surface area contributed by atoms with Crippen molar-refractivity contribution in [3.05, 3.63) is 59.2 Å². The second-order valence-electron chi connectivity index (χ2n) is 6.10. The second-order valence-corrected chi connectivity index (χ2v) is 6.10. The molecule has 132 valence electrons. The number of carbonyl (C=O) groups is 2. The van der Waals surface area contributed by atoms with Gasteiger partial charge in [0.05, 0.1) is 19.6 Å². The van der Waals surface area contributed by atoms with Gasteiger partial charge in [0.15, 0.2) is 0 Å². The zero-order chi connectivity index (χ0) is 18.4. The molecule has 0 bridgehead atoms. The lowest BCUT2D eigenvalue weighted by molar-refractivity contribution is -0.120. The molecule has 0 heterocycles. The highest BCUT2D eigenvalue weighted by molar-refractivity contribution is 5.92. The summed E-state index contributed by atoms with van der Waals surface area (Å²) < 4.78 is 5.15. The largest absolute Gasteiger partial charge is 0.497 e. The van der Waals surface area contributed by atoms with Gasteiger partial charge >= 0.3 is 0 Å². The maximum Gasteiger partial charge on any atom is 0.226 e. The number of anilines is 1. The van der Waals surface area contributed by atoms with E-state index >= 15 is 0 Å². The molecule has 2 N–H and O–H groups in total. The van der Waals surface area contributed by atoms with E-state index in [-0.39, 0.29) is 18.2 Å². The van der Waals surface area contributed by atoms with E-state index < -0.39 is 6.04 Å². The van der Waals surface area contributed by atoms with E-state index in [9.17, 15) is 9.59 Å². The van der Waals surface area contributed by atoms with Crippen molar-refractivity contribution in [2.75, 3.05) is 12.4 Å². The van der Waals surface area contributed by atoms with Crippen molar-refractivity contribution in [2.24, 2.45) is 0 Å². The van der Waals surface area contributed by atoms with Crippen molar-refractivity contribution >= 4 is 17.5 Å². The van der Waals surface area contributed by atoms with Gasteiger partial charge in [-0.15, -0.1) is 0 Å². The molecule has 0 radical (unpaired) electrons. The molecular formula is C20H24N2O3. The molecule has 2 aromatic carbocycles. The number of benzene rings is 2. The number of aryl methyl sites for hydroxylation is 2. The van der Waals surface area contributed by atoms with Crippen LogP contribution in [-0.4, -0.2) is 18.9 Å². The molecule has 0 aliphatic carbocycles. The molecule has 2 aromatic rings.